The Labute approximate surface area is 78.7 Å². The Bertz CT molecular complexity index is 226. The average Bonchev–Trinajstić information content (AvgIpc) is 2.17. The van der Waals surface area contributed by atoms with Gasteiger partial charge in [0.05, 0.1) is 12.1 Å². The van der Waals surface area contributed by atoms with Gasteiger partial charge in [-0.2, -0.15) is 5.26 Å². The van der Waals surface area contributed by atoms with Gasteiger partial charge in [0.15, 0.2) is 0 Å². The number of hydrogen-bond donors (Lipinski definition) is 0. The van der Waals surface area contributed by atoms with Crippen molar-refractivity contribution in [3.8, 4) is 6.07 Å². The molecule has 0 aliphatic carbocycles. The molecule has 1 aliphatic rings. The van der Waals surface area contributed by atoms with E-state index in [0.29, 0.717) is 0 Å². The van der Waals surface area contributed by atoms with Crippen LogP contribution in [0.2, 0.25) is 0 Å². The molecule has 1 aliphatic heterocycles. The summed E-state index contributed by atoms with van der Waals surface area (Å²) in [4.78, 5) is 14.9. The van der Waals surface area contributed by atoms with E-state index in [4.69, 9.17) is 5.26 Å². The van der Waals surface area contributed by atoms with Crippen molar-refractivity contribution in [3.05, 3.63) is 0 Å². The zero-order valence-corrected chi connectivity index (χ0v) is 8.16. The topological polar surface area (TPSA) is 47.3 Å². The Morgan fingerprint density at radius 3 is 2.31 bits per heavy atom. The number of hydrogen-bond acceptors (Lipinski definition) is 3. The molecule has 1 atom stereocenters. The van der Waals surface area contributed by atoms with Crippen molar-refractivity contribution < 1.29 is 4.79 Å². The third kappa shape index (κ3) is 2.43. The van der Waals surface area contributed by atoms with E-state index in [-0.39, 0.29) is 11.9 Å². The third-order valence-corrected chi connectivity index (χ3v) is 2.49. The number of carbonyl (C=O) groups excluding carboxylic acids is 1. The Hall–Kier alpha value is -1.08. The van der Waals surface area contributed by atoms with Crippen LogP contribution >= 0.6 is 0 Å². The molecular weight excluding hydrogens is 166 g/mol. The van der Waals surface area contributed by atoms with Crippen molar-refractivity contribution >= 4 is 5.91 Å². The summed E-state index contributed by atoms with van der Waals surface area (Å²) in [7, 11) is 0. The summed E-state index contributed by atoms with van der Waals surface area (Å²) in [6.07, 6.45) is 0. The minimum absolute atomic E-state index is 0.0332. The fourth-order valence-electron chi connectivity index (χ4n) is 1.51. The van der Waals surface area contributed by atoms with E-state index in [1.165, 1.54) is 0 Å². The van der Waals surface area contributed by atoms with Crippen LogP contribution in [0.4, 0.5) is 0 Å². The fourth-order valence-corrected chi connectivity index (χ4v) is 1.51. The minimum atomic E-state index is -0.0332. The highest BCUT2D eigenvalue weighted by Crippen LogP contribution is 2.05. The summed E-state index contributed by atoms with van der Waals surface area (Å²) >= 11 is 0. The van der Waals surface area contributed by atoms with Gasteiger partial charge in [0.1, 0.15) is 0 Å². The standard InChI is InChI=1S/C9H15N3O/c1-8(7-10)11-3-5-12(6-4-11)9(2)13/h8H,3-6H2,1-2H3. The number of nitrogens with zero attached hydrogens (tertiary/aromatic N) is 3. The van der Waals surface area contributed by atoms with E-state index >= 15 is 0 Å². The van der Waals surface area contributed by atoms with Crippen molar-refractivity contribution in [2.45, 2.75) is 19.9 Å². The van der Waals surface area contributed by atoms with Gasteiger partial charge >= 0.3 is 0 Å². The van der Waals surface area contributed by atoms with Gasteiger partial charge in [-0.25, -0.2) is 0 Å². The monoisotopic (exact) mass is 181 g/mol. The molecule has 0 aromatic rings. The highest BCUT2D eigenvalue weighted by atomic mass is 16.2. The van der Waals surface area contributed by atoms with Gasteiger partial charge in [-0.3, -0.25) is 9.69 Å². The van der Waals surface area contributed by atoms with Crippen LogP contribution in [-0.2, 0) is 4.79 Å². The maximum Gasteiger partial charge on any atom is 0.219 e. The molecule has 0 aromatic heterocycles. The molecule has 1 amide bonds. The SMILES string of the molecule is CC(=O)N1CCN(C(C)C#N)CC1. The van der Waals surface area contributed by atoms with Crippen molar-refractivity contribution in [1.82, 2.24) is 9.80 Å². The van der Waals surface area contributed by atoms with E-state index in [0.717, 1.165) is 26.2 Å². The Morgan fingerprint density at radius 2 is 1.92 bits per heavy atom. The van der Waals surface area contributed by atoms with Crippen LogP contribution in [0.5, 0.6) is 0 Å². The van der Waals surface area contributed by atoms with Gasteiger partial charge in [-0.05, 0) is 6.92 Å². The first-order valence-corrected chi connectivity index (χ1v) is 4.54. The second-order valence-corrected chi connectivity index (χ2v) is 3.35. The first-order chi connectivity index (χ1) is 6.15. The molecule has 1 unspecified atom stereocenters. The number of nitriles is 1. The molecule has 4 heteroatoms. The molecule has 0 radical (unpaired) electrons. The Balaban J connectivity index is 2.40. The van der Waals surface area contributed by atoms with Crippen LogP contribution in [-0.4, -0.2) is 47.9 Å². The minimum Gasteiger partial charge on any atom is -0.340 e. The normalized spacial score (nSPS) is 20.8. The van der Waals surface area contributed by atoms with Crippen molar-refractivity contribution in [3.63, 3.8) is 0 Å². The molecular formula is C9H15N3O. The lowest BCUT2D eigenvalue weighted by molar-refractivity contribution is -0.130. The van der Waals surface area contributed by atoms with Crippen LogP contribution in [0.3, 0.4) is 0 Å². The van der Waals surface area contributed by atoms with Crippen LogP contribution in [0.1, 0.15) is 13.8 Å². The molecule has 1 fully saturated rings. The predicted molar refractivity (Wildman–Crippen MR) is 48.9 cm³/mol. The van der Waals surface area contributed by atoms with Crippen molar-refractivity contribution in [1.29, 1.82) is 5.26 Å². The zero-order chi connectivity index (χ0) is 9.84. The molecule has 72 valence electrons. The summed E-state index contributed by atoms with van der Waals surface area (Å²) in [5.41, 5.74) is 0. The molecule has 0 saturated carbocycles. The highest BCUT2D eigenvalue weighted by Gasteiger charge is 2.21. The largest absolute Gasteiger partial charge is 0.340 e. The van der Waals surface area contributed by atoms with E-state index in [9.17, 15) is 4.79 Å². The molecule has 0 bridgehead atoms. The first-order valence-electron chi connectivity index (χ1n) is 4.54. The van der Waals surface area contributed by atoms with Gasteiger partial charge in [-0.15, -0.1) is 0 Å². The number of carbonyl (C=O) groups is 1. The zero-order valence-electron chi connectivity index (χ0n) is 8.16. The molecule has 0 aromatic carbocycles. The smallest absolute Gasteiger partial charge is 0.219 e. The van der Waals surface area contributed by atoms with Gasteiger partial charge < -0.3 is 4.90 Å². The average molecular weight is 181 g/mol. The Morgan fingerprint density at radius 1 is 1.38 bits per heavy atom. The van der Waals surface area contributed by atoms with Gasteiger partial charge in [0.25, 0.3) is 0 Å². The number of amides is 1. The molecule has 0 N–H and O–H groups in total. The lowest BCUT2D eigenvalue weighted by Crippen LogP contribution is -2.50. The van der Waals surface area contributed by atoms with Crippen LogP contribution in [0.25, 0.3) is 0 Å². The third-order valence-electron chi connectivity index (χ3n) is 2.49. The molecule has 1 rings (SSSR count). The second kappa shape index (κ2) is 4.24. The molecule has 1 heterocycles. The molecule has 0 spiro atoms. The van der Waals surface area contributed by atoms with E-state index in [2.05, 4.69) is 11.0 Å². The molecule has 1 saturated heterocycles. The molecule has 4 nitrogen and oxygen atoms in total. The maximum absolute atomic E-state index is 11.0. The number of piperazine rings is 1. The lowest BCUT2D eigenvalue weighted by atomic mass is 10.2. The summed E-state index contributed by atoms with van der Waals surface area (Å²) in [5, 5.41) is 8.69. The van der Waals surface area contributed by atoms with E-state index in [1.807, 2.05) is 11.8 Å². The van der Waals surface area contributed by atoms with E-state index in [1.54, 1.807) is 6.92 Å². The molecule has 13 heavy (non-hydrogen) atoms. The summed E-state index contributed by atoms with van der Waals surface area (Å²) < 4.78 is 0. The van der Waals surface area contributed by atoms with Gasteiger partial charge in [0.2, 0.25) is 5.91 Å². The fraction of sp³-hybridized carbons (Fsp3) is 0.778. The summed E-state index contributed by atoms with van der Waals surface area (Å²) in [6, 6.07) is 2.17. The van der Waals surface area contributed by atoms with Gasteiger partial charge in [-0.1, -0.05) is 0 Å². The van der Waals surface area contributed by atoms with Crippen molar-refractivity contribution in [2.75, 3.05) is 26.2 Å². The summed E-state index contributed by atoms with van der Waals surface area (Å²) in [6.45, 7) is 6.61. The van der Waals surface area contributed by atoms with Gasteiger partial charge in [0, 0.05) is 33.1 Å². The summed E-state index contributed by atoms with van der Waals surface area (Å²) in [5.74, 6) is 0.129. The quantitative estimate of drug-likeness (QED) is 0.575. The van der Waals surface area contributed by atoms with Crippen LogP contribution < -0.4 is 0 Å². The second-order valence-electron chi connectivity index (χ2n) is 3.35. The number of rotatable bonds is 1. The van der Waals surface area contributed by atoms with Crippen molar-refractivity contribution in [2.24, 2.45) is 0 Å². The maximum atomic E-state index is 11.0. The first kappa shape index (κ1) is 10.0. The Kier molecular flexibility index (Phi) is 3.26. The van der Waals surface area contributed by atoms with E-state index < -0.39 is 0 Å². The lowest BCUT2D eigenvalue weighted by Gasteiger charge is -2.35. The van der Waals surface area contributed by atoms with Crippen LogP contribution in [0.15, 0.2) is 0 Å². The highest BCUT2D eigenvalue weighted by molar-refractivity contribution is 5.73. The predicted octanol–water partition coefficient (Wildman–Crippen LogP) is 0.0626. The van der Waals surface area contributed by atoms with Crippen LogP contribution in [0, 0.1) is 11.3 Å².